The minimum Gasteiger partial charge on any atom is -0.354 e. The van der Waals surface area contributed by atoms with Crippen LogP contribution < -0.4 is 5.32 Å². The average Bonchev–Trinajstić information content (AvgIpc) is 3.26. The highest BCUT2D eigenvalue weighted by Crippen LogP contribution is 2.54. The molecule has 5 nitrogen and oxygen atoms in total. The Labute approximate surface area is 155 Å². The van der Waals surface area contributed by atoms with Crippen molar-refractivity contribution < 1.29 is 4.79 Å². The number of carbonyl (C=O) groups excluding carboxylic acids is 1. The Morgan fingerprint density at radius 3 is 2.50 bits per heavy atom. The topological polar surface area (TPSA) is 59.8 Å². The van der Waals surface area contributed by atoms with Gasteiger partial charge in [0.15, 0.2) is 5.65 Å². The minimum absolute atomic E-state index is 0.130. The van der Waals surface area contributed by atoms with Gasteiger partial charge < -0.3 is 9.88 Å². The molecule has 2 aromatic heterocycles. The van der Waals surface area contributed by atoms with Crippen molar-refractivity contribution in [1.82, 2.24) is 19.9 Å². The van der Waals surface area contributed by atoms with Crippen LogP contribution in [0.5, 0.6) is 0 Å². The first-order valence-corrected chi connectivity index (χ1v) is 10.00. The molecule has 0 spiro atoms. The molecule has 5 heteroatoms. The molecule has 0 bridgehead atoms. The molecule has 0 aliphatic heterocycles. The fourth-order valence-corrected chi connectivity index (χ4v) is 5.33. The first kappa shape index (κ1) is 17.5. The second-order valence-electron chi connectivity index (χ2n) is 8.80. The standard InChI is InChI=1S/C21H30N4O/c1-12(2)24-21(26)13(3)14-7-15-9-17(10-16(15)8-14)18-5-6-22-20-19(18)23-11-25(20)4/h5-6,11-17H,7-10H2,1-4H3,(H,24,26)/t13?,14?,15-,16+,17?. The lowest BCUT2D eigenvalue weighted by Crippen LogP contribution is -2.37. The van der Waals surface area contributed by atoms with Gasteiger partial charge in [-0.05, 0) is 74.8 Å². The zero-order valence-corrected chi connectivity index (χ0v) is 16.3. The molecule has 0 aromatic carbocycles. The molecule has 2 aliphatic rings. The average molecular weight is 354 g/mol. The van der Waals surface area contributed by atoms with Gasteiger partial charge in [0.05, 0.1) is 6.33 Å². The quantitative estimate of drug-likeness (QED) is 0.912. The highest BCUT2D eigenvalue weighted by Gasteiger charge is 2.44. The number of nitrogens with zero attached hydrogens (tertiary/aromatic N) is 3. The number of nitrogens with one attached hydrogen (secondary N) is 1. The van der Waals surface area contributed by atoms with Crippen LogP contribution in [0.3, 0.4) is 0 Å². The molecule has 2 saturated carbocycles. The Morgan fingerprint density at radius 2 is 1.85 bits per heavy atom. The lowest BCUT2D eigenvalue weighted by Gasteiger charge is -2.22. The molecule has 0 saturated heterocycles. The van der Waals surface area contributed by atoms with Crippen molar-refractivity contribution in [2.45, 2.75) is 58.4 Å². The van der Waals surface area contributed by atoms with E-state index in [1.807, 2.05) is 38.0 Å². The molecule has 26 heavy (non-hydrogen) atoms. The number of rotatable bonds is 4. The summed E-state index contributed by atoms with van der Waals surface area (Å²) in [4.78, 5) is 21.4. The number of hydrogen-bond donors (Lipinski definition) is 1. The van der Waals surface area contributed by atoms with Gasteiger partial charge >= 0.3 is 0 Å². The van der Waals surface area contributed by atoms with Crippen LogP contribution in [0.25, 0.3) is 11.2 Å². The number of amides is 1. The van der Waals surface area contributed by atoms with E-state index in [0.29, 0.717) is 11.8 Å². The Bertz CT molecular complexity index is 797. The van der Waals surface area contributed by atoms with Crippen LogP contribution in [0.4, 0.5) is 0 Å². The fourth-order valence-electron chi connectivity index (χ4n) is 5.33. The van der Waals surface area contributed by atoms with Crippen LogP contribution in [-0.2, 0) is 11.8 Å². The maximum atomic E-state index is 12.4. The van der Waals surface area contributed by atoms with E-state index in [9.17, 15) is 4.79 Å². The second kappa shape index (κ2) is 6.67. The van der Waals surface area contributed by atoms with Crippen LogP contribution in [0.2, 0.25) is 0 Å². The van der Waals surface area contributed by atoms with Crippen molar-refractivity contribution in [3.8, 4) is 0 Å². The van der Waals surface area contributed by atoms with Gasteiger partial charge in [-0.2, -0.15) is 0 Å². The Hall–Kier alpha value is -1.91. The third-order valence-electron chi connectivity index (χ3n) is 6.67. The van der Waals surface area contributed by atoms with Crippen LogP contribution in [0, 0.1) is 23.7 Å². The third kappa shape index (κ3) is 3.01. The molecule has 4 rings (SSSR count). The van der Waals surface area contributed by atoms with E-state index in [1.54, 1.807) is 0 Å². The van der Waals surface area contributed by atoms with Gasteiger partial charge in [0.2, 0.25) is 5.91 Å². The third-order valence-corrected chi connectivity index (χ3v) is 6.67. The number of pyridine rings is 1. The number of fused-ring (bicyclic) bond motifs is 2. The lowest BCUT2D eigenvalue weighted by atomic mass is 9.86. The zero-order valence-electron chi connectivity index (χ0n) is 16.3. The molecule has 5 atom stereocenters. The largest absolute Gasteiger partial charge is 0.354 e. The number of imidazole rings is 1. The Morgan fingerprint density at radius 1 is 1.15 bits per heavy atom. The van der Waals surface area contributed by atoms with E-state index in [4.69, 9.17) is 0 Å². The number of hydrogen-bond acceptors (Lipinski definition) is 3. The van der Waals surface area contributed by atoms with Crippen LogP contribution in [0.15, 0.2) is 18.6 Å². The summed E-state index contributed by atoms with van der Waals surface area (Å²) >= 11 is 0. The van der Waals surface area contributed by atoms with E-state index < -0.39 is 0 Å². The van der Waals surface area contributed by atoms with E-state index >= 15 is 0 Å². The molecule has 1 amide bonds. The van der Waals surface area contributed by atoms with Crippen molar-refractivity contribution in [1.29, 1.82) is 0 Å². The van der Waals surface area contributed by atoms with Crippen molar-refractivity contribution in [3.63, 3.8) is 0 Å². The minimum atomic E-state index is 0.130. The molecular weight excluding hydrogens is 324 g/mol. The normalized spacial score (nSPS) is 29.3. The van der Waals surface area contributed by atoms with E-state index in [0.717, 1.165) is 23.0 Å². The summed E-state index contributed by atoms with van der Waals surface area (Å²) in [7, 11) is 2.00. The second-order valence-corrected chi connectivity index (χ2v) is 8.80. The van der Waals surface area contributed by atoms with E-state index in [1.165, 1.54) is 31.2 Å². The fraction of sp³-hybridized carbons (Fsp3) is 0.667. The van der Waals surface area contributed by atoms with E-state index in [-0.39, 0.29) is 17.9 Å². The monoisotopic (exact) mass is 354 g/mol. The van der Waals surface area contributed by atoms with Crippen LogP contribution in [0.1, 0.15) is 57.9 Å². The molecule has 2 aliphatic carbocycles. The van der Waals surface area contributed by atoms with Gasteiger partial charge in [0.1, 0.15) is 5.52 Å². The number of carbonyl (C=O) groups is 1. The molecule has 2 heterocycles. The molecule has 1 N–H and O–H groups in total. The molecule has 140 valence electrons. The molecule has 2 aromatic rings. The predicted octanol–water partition coefficient (Wildman–Crippen LogP) is 3.65. The maximum Gasteiger partial charge on any atom is 0.223 e. The summed E-state index contributed by atoms with van der Waals surface area (Å²) in [6.07, 6.45) is 8.65. The molecule has 3 unspecified atom stereocenters. The Kier molecular flexibility index (Phi) is 4.49. The van der Waals surface area contributed by atoms with Crippen molar-refractivity contribution in [2.24, 2.45) is 30.7 Å². The van der Waals surface area contributed by atoms with Gasteiger partial charge in [-0.25, -0.2) is 9.97 Å². The maximum absolute atomic E-state index is 12.4. The first-order valence-electron chi connectivity index (χ1n) is 10.00. The van der Waals surface area contributed by atoms with Gasteiger partial charge in [0.25, 0.3) is 0 Å². The molecule has 0 radical (unpaired) electrons. The van der Waals surface area contributed by atoms with Gasteiger partial charge in [-0.3, -0.25) is 4.79 Å². The van der Waals surface area contributed by atoms with E-state index in [2.05, 4.69) is 28.3 Å². The summed E-state index contributed by atoms with van der Waals surface area (Å²) in [5, 5.41) is 3.09. The van der Waals surface area contributed by atoms with Crippen molar-refractivity contribution in [2.75, 3.05) is 0 Å². The number of aryl methyl sites for hydroxylation is 1. The summed E-state index contributed by atoms with van der Waals surface area (Å²) in [5.41, 5.74) is 3.42. The van der Waals surface area contributed by atoms with Gasteiger partial charge in [-0.1, -0.05) is 6.92 Å². The van der Waals surface area contributed by atoms with Crippen molar-refractivity contribution in [3.05, 3.63) is 24.2 Å². The van der Waals surface area contributed by atoms with Gasteiger partial charge in [-0.15, -0.1) is 0 Å². The van der Waals surface area contributed by atoms with Crippen molar-refractivity contribution >= 4 is 17.1 Å². The zero-order chi connectivity index (χ0) is 18.4. The highest BCUT2D eigenvalue weighted by molar-refractivity contribution is 5.79. The van der Waals surface area contributed by atoms with Crippen LogP contribution in [-0.4, -0.2) is 26.5 Å². The summed E-state index contributed by atoms with van der Waals surface area (Å²) in [6.45, 7) is 6.18. The summed E-state index contributed by atoms with van der Waals surface area (Å²) < 4.78 is 2.00. The predicted molar refractivity (Wildman–Crippen MR) is 103 cm³/mol. The molecular formula is C21H30N4O. The highest BCUT2D eigenvalue weighted by atomic mass is 16.1. The Balaban J connectivity index is 1.44. The number of aromatic nitrogens is 3. The van der Waals surface area contributed by atoms with Gasteiger partial charge in [0, 0.05) is 25.2 Å². The summed E-state index contributed by atoms with van der Waals surface area (Å²) in [6, 6.07) is 2.39. The lowest BCUT2D eigenvalue weighted by molar-refractivity contribution is -0.126. The molecule has 2 fully saturated rings. The smallest absolute Gasteiger partial charge is 0.223 e. The first-order chi connectivity index (χ1) is 12.4. The summed E-state index contributed by atoms with van der Waals surface area (Å²) in [5.74, 6) is 3.00. The van der Waals surface area contributed by atoms with Crippen LogP contribution >= 0.6 is 0 Å². The SMILES string of the molecule is CC(C)NC(=O)C(C)C1C[C@H]2CC(c3ccnc4c3ncn4C)C[C@H]2C1.